The van der Waals surface area contributed by atoms with Gasteiger partial charge in [0.05, 0.1) is 22.5 Å². The third-order valence-electron chi connectivity index (χ3n) is 3.63. The van der Waals surface area contributed by atoms with Crippen molar-refractivity contribution in [1.29, 1.82) is 0 Å². The average Bonchev–Trinajstić information content (AvgIpc) is 2.67. The number of aromatic nitrogens is 2. The number of nitrogens with zero attached hydrogens (tertiary/aromatic N) is 2. The SMILES string of the molecule is Fc1c(F)c(F)c(-c2cc(-c3c(F)c(F)c(F)c(F)c3F)nc(Cl)n2)c(F)c1F. The lowest BCUT2D eigenvalue weighted by Crippen LogP contribution is -2.07. The van der Waals surface area contributed by atoms with Crippen molar-refractivity contribution in [3.63, 3.8) is 0 Å². The van der Waals surface area contributed by atoms with Gasteiger partial charge in [-0.05, 0) is 17.7 Å². The fourth-order valence-corrected chi connectivity index (χ4v) is 2.52. The minimum Gasteiger partial charge on any atom is -0.218 e. The summed E-state index contributed by atoms with van der Waals surface area (Å²) in [7, 11) is 0. The number of benzene rings is 2. The largest absolute Gasteiger partial charge is 0.223 e. The number of halogens is 11. The van der Waals surface area contributed by atoms with Crippen LogP contribution in [0.25, 0.3) is 22.5 Å². The predicted molar refractivity (Wildman–Crippen MR) is 77.5 cm³/mol. The normalized spacial score (nSPS) is 11.3. The highest BCUT2D eigenvalue weighted by atomic mass is 35.5. The van der Waals surface area contributed by atoms with E-state index in [1.807, 2.05) is 0 Å². The second kappa shape index (κ2) is 7.17. The zero-order valence-corrected chi connectivity index (χ0v) is 13.9. The Hall–Kier alpha value is -2.89. The second-order valence-electron chi connectivity index (χ2n) is 5.30. The highest BCUT2D eigenvalue weighted by molar-refractivity contribution is 6.28. The van der Waals surface area contributed by atoms with E-state index >= 15 is 0 Å². The van der Waals surface area contributed by atoms with Crippen molar-refractivity contribution in [2.24, 2.45) is 0 Å². The molecule has 0 aliphatic rings. The molecule has 3 rings (SSSR count). The number of hydrogen-bond acceptors (Lipinski definition) is 2. The maximum absolute atomic E-state index is 14.0. The van der Waals surface area contributed by atoms with Gasteiger partial charge in [0, 0.05) is 0 Å². The molecular formula is C16HClF10N2. The van der Waals surface area contributed by atoms with E-state index in [9.17, 15) is 43.9 Å². The molecule has 0 saturated carbocycles. The van der Waals surface area contributed by atoms with Gasteiger partial charge in [-0.3, -0.25) is 0 Å². The topological polar surface area (TPSA) is 25.8 Å². The zero-order valence-electron chi connectivity index (χ0n) is 13.1. The number of rotatable bonds is 2. The first-order valence-electron chi connectivity index (χ1n) is 7.05. The Morgan fingerprint density at radius 1 is 0.448 bits per heavy atom. The maximum atomic E-state index is 14.0. The van der Waals surface area contributed by atoms with Crippen molar-refractivity contribution in [3.05, 3.63) is 69.5 Å². The molecule has 1 aromatic heterocycles. The summed E-state index contributed by atoms with van der Waals surface area (Å²) < 4.78 is 136. The molecule has 13 heteroatoms. The van der Waals surface area contributed by atoms with Gasteiger partial charge < -0.3 is 0 Å². The fraction of sp³-hybridized carbons (Fsp3) is 0. The van der Waals surface area contributed by atoms with Gasteiger partial charge in [0.25, 0.3) is 0 Å². The van der Waals surface area contributed by atoms with Crippen molar-refractivity contribution in [2.45, 2.75) is 0 Å². The summed E-state index contributed by atoms with van der Waals surface area (Å²) in [4.78, 5) is 6.39. The summed E-state index contributed by atoms with van der Waals surface area (Å²) in [5, 5.41) is -1.05. The van der Waals surface area contributed by atoms with E-state index < -0.39 is 86.0 Å². The van der Waals surface area contributed by atoms with Crippen LogP contribution in [0.4, 0.5) is 43.9 Å². The number of hydrogen-bond donors (Lipinski definition) is 0. The Bertz CT molecular complexity index is 1040. The van der Waals surface area contributed by atoms with Crippen LogP contribution < -0.4 is 0 Å². The van der Waals surface area contributed by atoms with Crippen LogP contribution in [-0.2, 0) is 0 Å². The minimum atomic E-state index is -2.50. The molecule has 0 atom stereocenters. The summed E-state index contributed by atoms with van der Waals surface area (Å²) in [6.07, 6.45) is 0. The maximum Gasteiger partial charge on any atom is 0.223 e. The van der Waals surface area contributed by atoms with E-state index in [2.05, 4.69) is 9.97 Å². The zero-order chi connectivity index (χ0) is 21.8. The molecule has 2 aromatic carbocycles. The first kappa shape index (κ1) is 20.8. The van der Waals surface area contributed by atoms with E-state index in [0.29, 0.717) is 0 Å². The molecule has 0 spiro atoms. The van der Waals surface area contributed by atoms with E-state index in [1.54, 1.807) is 0 Å². The van der Waals surface area contributed by atoms with Crippen LogP contribution in [0, 0.1) is 58.2 Å². The molecule has 0 unspecified atom stereocenters. The fourth-order valence-electron chi connectivity index (χ4n) is 2.33. The molecular weight excluding hydrogens is 446 g/mol. The lowest BCUT2D eigenvalue weighted by molar-refractivity contribution is 0.380. The Morgan fingerprint density at radius 2 is 0.690 bits per heavy atom. The van der Waals surface area contributed by atoms with Crippen LogP contribution in [0.3, 0.4) is 0 Å². The van der Waals surface area contributed by atoms with Crippen LogP contribution in [0.15, 0.2) is 6.07 Å². The van der Waals surface area contributed by atoms with Gasteiger partial charge in [0.2, 0.25) is 16.9 Å². The van der Waals surface area contributed by atoms with Crippen molar-refractivity contribution < 1.29 is 43.9 Å². The quantitative estimate of drug-likeness (QED) is 0.213. The highest BCUT2D eigenvalue weighted by Crippen LogP contribution is 2.35. The monoisotopic (exact) mass is 446 g/mol. The first-order valence-corrected chi connectivity index (χ1v) is 7.43. The highest BCUT2D eigenvalue weighted by Gasteiger charge is 2.30. The Balaban J connectivity index is 2.37. The molecule has 0 aliphatic heterocycles. The molecule has 152 valence electrons. The Kier molecular flexibility index (Phi) is 5.15. The summed E-state index contributed by atoms with van der Waals surface area (Å²) >= 11 is 5.45. The summed E-state index contributed by atoms with van der Waals surface area (Å²) in [6.45, 7) is 0. The Morgan fingerprint density at radius 3 is 0.966 bits per heavy atom. The van der Waals surface area contributed by atoms with E-state index in [0.717, 1.165) is 0 Å². The molecule has 0 fully saturated rings. The molecule has 0 bridgehead atoms. The molecule has 0 N–H and O–H groups in total. The van der Waals surface area contributed by atoms with Crippen molar-refractivity contribution in [3.8, 4) is 22.5 Å². The van der Waals surface area contributed by atoms with Gasteiger partial charge in [0.1, 0.15) is 0 Å². The first-order chi connectivity index (χ1) is 13.5. The van der Waals surface area contributed by atoms with Crippen LogP contribution in [-0.4, -0.2) is 9.97 Å². The predicted octanol–water partition coefficient (Wildman–Crippen LogP) is 5.86. The van der Waals surface area contributed by atoms with E-state index in [1.165, 1.54) is 0 Å². The molecule has 1 heterocycles. The molecule has 0 amide bonds. The van der Waals surface area contributed by atoms with Gasteiger partial charge in [-0.1, -0.05) is 0 Å². The molecule has 0 saturated heterocycles. The van der Waals surface area contributed by atoms with E-state index in [4.69, 9.17) is 11.6 Å². The van der Waals surface area contributed by atoms with Gasteiger partial charge in [-0.2, -0.15) is 0 Å². The lowest BCUT2D eigenvalue weighted by atomic mass is 10.0. The average molecular weight is 447 g/mol. The smallest absolute Gasteiger partial charge is 0.218 e. The summed E-state index contributed by atoms with van der Waals surface area (Å²) in [5.74, 6) is -24.0. The second-order valence-corrected chi connectivity index (χ2v) is 5.64. The van der Waals surface area contributed by atoms with Crippen LogP contribution in [0.2, 0.25) is 5.28 Å². The van der Waals surface area contributed by atoms with Crippen LogP contribution in [0.5, 0.6) is 0 Å². The summed E-state index contributed by atoms with van der Waals surface area (Å²) in [5.41, 5.74) is -5.65. The minimum absolute atomic E-state index is 0.239. The molecule has 0 aliphatic carbocycles. The summed E-state index contributed by atoms with van der Waals surface area (Å²) in [6, 6.07) is 0.239. The molecule has 3 aromatic rings. The van der Waals surface area contributed by atoms with Crippen molar-refractivity contribution in [1.82, 2.24) is 9.97 Å². The van der Waals surface area contributed by atoms with Crippen LogP contribution >= 0.6 is 11.6 Å². The Labute approximate surface area is 158 Å². The van der Waals surface area contributed by atoms with Gasteiger partial charge in [-0.15, -0.1) is 0 Å². The lowest BCUT2D eigenvalue weighted by Gasteiger charge is -2.11. The van der Waals surface area contributed by atoms with Crippen LogP contribution in [0.1, 0.15) is 0 Å². The molecule has 0 radical (unpaired) electrons. The van der Waals surface area contributed by atoms with Crippen molar-refractivity contribution in [2.75, 3.05) is 0 Å². The molecule has 2 nitrogen and oxygen atoms in total. The van der Waals surface area contributed by atoms with Gasteiger partial charge in [0.15, 0.2) is 46.5 Å². The van der Waals surface area contributed by atoms with E-state index in [-0.39, 0.29) is 6.07 Å². The molecule has 29 heavy (non-hydrogen) atoms. The van der Waals surface area contributed by atoms with Gasteiger partial charge >= 0.3 is 0 Å². The standard InChI is InChI=1S/C16HClF10N2/c17-16-28-2(4-6(18)10(22)14(26)11(23)7(4)19)1-3(29-16)5-8(20)12(24)15(27)13(25)9(5)21/h1H. The van der Waals surface area contributed by atoms with Gasteiger partial charge in [-0.25, -0.2) is 53.9 Å². The third kappa shape index (κ3) is 3.16. The van der Waals surface area contributed by atoms with Crippen molar-refractivity contribution >= 4 is 11.6 Å². The third-order valence-corrected chi connectivity index (χ3v) is 3.80.